The smallest absolute Gasteiger partial charge is 0.161 e. The van der Waals surface area contributed by atoms with Crippen molar-refractivity contribution in [3.8, 4) is 0 Å². The second-order valence-corrected chi connectivity index (χ2v) is 9.36. The number of nitrogens with zero attached hydrogens (tertiary/aromatic N) is 3. The van der Waals surface area contributed by atoms with Gasteiger partial charge in [-0.3, -0.25) is 5.41 Å². The molecule has 0 radical (unpaired) electrons. The Morgan fingerprint density at radius 2 is 2.13 bits per heavy atom. The number of allylic oxidation sites excluding steroid dienone is 5. The third-order valence-corrected chi connectivity index (χ3v) is 6.63. The summed E-state index contributed by atoms with van der Waals surface area (Å²) in [5, 5.41) is 16.5. The number of hydrogen-bond acceptors (Lipinski definition) is 6. The molecular weight excluding hydrogens is 408 g/mol. The SMILES string of the molecule is CN/C=C1/C=C(c2cc(Cl)c3cc(N4CC(C)NC5(CC5)C4)cnc3n2)C=C(C)C1=N. The van der Waals surface area contributed by atoms with Crippen LogP contribution >= 0.6 is 11.6 Å². The number of anilines is 1. The van der Waals surface area contributed by atoms with Gasteiger partial charge in [-0.1, -0.05) is 11.6 Å². The Balaban J connectivity index is 1.51. The Kier molecular flexibility index (Phi) is 4.87. The molecule has 2 aromatic heterocycles. The van der Waals surface area contributed by atoms with Gasteiger partial charge >= 0.3 is 0 Å². The van der Waals surface area contributed by atoms with Crippen LogP contribution in [-0.2, 0) is 0 Å². The van der Waals surface area contributed by atoms with Crippen LogP contribution in [0.1, 0.15) is 32.4 Å². The fourth-order valence-corrected chi connectivity index (χ4v) is 4.87. The van der Waals surface area contributed by atoms with Crippen LogP contribution in [0.25, 0.3) is 16.6 Å². The minimum atomic E-state index is 0.280. The highest BCUT2D eigenvalue weighted by Gasteiger charge is 2.47. The topological polar surface area (TPSA) is 76.9 Å². The first-order valence-electron chi connectivity index (χ1n) is 10.7. The highest BCUT2D eigenvalue weighted by atomic mass is 35.5. The number of fused-ring (bicyclic) bond motifs is 1. The summed E-state index contributed by atoms with van der Waals surface area (Å²) in [7, 11) is 1.83. The molecule has 1 atom stereocenters. The van der Waals surface area contributed by atoms with E-state index < -0.39 is 0 Å². The van der Waals surface area contributed by atoms with Crippen LogP contribution in [0.2, 0.25) is 5.02 Å². The van der Waals surface area contributed by atoms with Gasteiger partial charge < -0.3 is 15.5 Å². The molecule has 7 heteroatoms. The molecule has 0 amide bonds. The molecule has 1 spiro atoms. The molecule has 0 aromatic carbocycles. The fraction of sp³-hybridized carbons (Fsp3) is 0.375. The number of hydrogen-bond donors (Lipinski definition) is 3. The summed E-state index contributed by atoms with van der Waals surface area (Å²) in [6.45, 7) is 6.15. The van der Waals surface area contributed by atoms with E-state index in [0.29, 0.717) is 22.4 Å². The summed E-state index contributed by atoms with van der Waals surface area (Å²) in [5.74, 6) is 0. The van der Waals surface area contributed by atoms with Crippen LogP contribution in [0, 0.1) is 5.41 Å². The van der Waals surface area contributed by atoms with Crippen molar-refractivity contribution in [3.63, 3.8) is 0 Å². The van der Waals surface area contributed by atoms with E-state index in [1.54, 1.807) is 0 Å². The van der Waals surface area contributed by atoms with Crippen LogP contribution in [-0.4, -0.2) is 47.4 Å². The van der Waals surface area contributed by atoms with Crippen molar-refractivity contribution in [2.45, 2.75) is 38.3 Å². The van der Waals surface area contributed by atoms with Gasteiger partial charge in [0, 0.05) is 54.5 Å². The van der Waals surface area contributed by atoms with Crippen LogP contribution in [0.15, 0.2) is 47.8 Å². The number of nitrogens with one attached hydrogen (secondary N) is 3. The minimum Gasteiger partial charge on any atom is -0.393 e. The molecule has 1 saturated carbocycles. The van der Waals surface area contributed by atoms with E-state index in [2.05, 4.69) is 33.5 Å². The lowest BCUT2D eigenvalue weighted by molar-refractivity contribution is 0.372. The van der Waals surface area contributed by atoms with E-state index >= 15 is 0 Å². The molecule has 3 heterocycles. The Hall–Kier alpha value is -2.70. The van der Waals surface area contributed by atoms with Gasteiger partial charge in [-0.15, -0.1) is 0 Å². The molecule has 6 nitrogen and oxygen atoms in total. The molecule has 3 aliphatic rings. The number of halogens is 1. The Bertz CT molecular complexity index is 1170. The second-order valence-electron chi connectivity index (χ2n) is 8.95. The maximum Gasteiger partial charge on any atom is 0.161 e. The highest BCUT2D eigenvalue weighted by Crippen LogP contribution is 2.40. The first kappa shape index (κ1) is 20.2. The summed E-state index contributed by atoms with van der Waals surface area (Å²) >= 11 is 6.72. The van der Waals surface area contributed by atoms with Crippen LogP contribution in [0.3, 0.4) is 0 Å². The first-order chi connectivity index (χ1) is 14.9. The van der Waals surface area contributed by atoms with E-state index in [9.17, 15) is 0 Å². The molecule has 2 aliphatic carbocycles. The lowest BCUT2D eigenvalue weighted by Gasteiger charge is -2.39. The first-order valence-corrected chi connectivity index (χ1v) is 11.1. The summed E-state index contributed by atoms with van der Waals surface area (Å²) in [6, 6.07) is 4.47. The molecule has 1 unspecified atom stereocenters. The lowest BCUT2D eigenvalue weighted by Crippen LogP contribution is -2.57. The Morgan fingerprint density at radius 3 is 2.87 bits per heavy atom. The zero-order chi connectivity index (χ0) is 21.8. The summed E-state index contributed by atoms with van der Waals surface area (Å²) in [4.78, 5) is 11.9. The second kappa shape index (κ2) is 7.46. The van der Waals surface area contributed by atoms with Crippen molar-refractivity contribution in [1.82, 2.24) is 20.6 Å². The van der Waals surface area contributed by atoms with Gasteiger partial charge in [0.2, 0.25) is 0 Å². The molecule has 2 fully saturated rings. The third kappa shape index (κ3) is 3.75. The molecule has 5 rings (SSSR count). The average Bonchev–Trinajstić information content (AvgIpc) is 3.48. The number of pyridine rings is 2. The van der Waals surface area contributed by atoms with Crippen molar-refractivity contribution in [3.05, 3.63) is 58.5 Å². The molecule has 31 heavy (non-hydrogen) atoms. The van der Waals surface area contributed by atoms with Crippen molar-refractivity contribution < 1.29 is 0 Å². The number of rotatable bonds is 3. The number of aromatic nitrogens is 2. The molecule has 160 valence electrons. The van der Waals surface area contributed by atoms with Crippen molar-refractivity contribution in [2.24, 2.45) is 0 Å². The molecule has 3 N–H and O–H groups in total. The standard InChI is InChI=1S/C24H27ClN6/c1-14-6-16(7-17(10-27-3)22(14)26)21-9-20(25)19-8-18(11-28-23(19)29-21)31-12-15(2)30-24(13-31)4-5-24/h6-11,15,26-27,30H,4-5,12-13H2,1-3H3/b17-10-,26-22?. The zero-order valence-electron chi connectivity index (χ0n) is 18.1. The van der Waals surface area contributed by atoms with E-state index in [1.807, 2.05) is 44.6 Å². The maximum absolute atomic E-state index is 8.26. The van der Waals surface area contributed by atoms with E-state index in [1.165, 1.54) is 12.8 Å². The monoisotopic (exact) mass is 434 g/mol. The van der Waals surface area contributed by atoms with Gasteiger partial charge in [0.05, 0.1) is 28.3 Å². The van der Waals surface area contributed by atoms with Crippen molar-refractivity contribution in [1.29, 1.82) is 5.41 Å². The van der Waals surface area contributed by atoms with Gasteiger partial charge in [0.15, 0.2) is 5.65 Å². The van der Waals surface area contributed by atoms with Crippen LogP contribution < -0.4 is 15.5 Å². The van der Waals surface area contributed by atoms with E-state index in [-0.39, 0.29) is 5.54 Å². The summed E-state index contributed by atoms with van der Waals surface area (Å²) in [5.41, 5.74) is 5.93. The third-order valence-electron chi connectivity index (χ3n) is 6.32. The molecule has 1 aliphatic heterocycles. The maximum atomic E-state index is 8.26. The largest absolute Gasteiger partial charge is 0.393 e. The molecule has 2 aromatic rings. The predicted molar refractivity (Wildman–Crippen MR) is 128 cm³/mol. The molecular formula is C24H27ClN6. The van der Waals surface area contributed by atoms with Gasteiger partial charge in [0.1, 0.15) is 0 Å². The Labute approximate surface area is 187 Å². The minimum absolute atomic E-state index is 0.280. The quantitative estimate of drug-likeness (QED) is 0.678. The number of piperazine rings is 1. The normalized spacial score (nSPS) is 23.9. The highest BCUT2D eigenvalue weighted by molar-refractivity contribution is 6.35. The van der Waals surface area contributed by atoms with Gasteiger partial charge in [-0.25, -0.2) is 9.97 Å². The van der Waals surface area contributed by atoms with Crippen LogP contribution in [0.4, 0.5) is 5.69 Å². The van der Waals surface area contributed by atoms with Gasteiger partial charge in [-0.05, 0) is 56.5 Å². The van der Waals surface area contributed by atoms with Crippen LogP contribution in [0.5, 0.6) is 0 Å². The predicted octanol–water partition coefficient (Wildman–Crippen LogP) is 4.08. The lowest BCUT2D eigenvalue weighted by atomic mass is 9.92. The summed E-state index contributed by atoms with van der Waals surface area (Å²) < 4.78 is 0. The zero-order valence-corrected chi connectivity index (χ0v) is 18.8. The van der Waals surface area contributed by atoms with E-state index in [4.69, 9.17) is 22.0 Å². The molecule has 0 bridgehead atoms. The van der Waals surface area contributed by atoms with Crippen molar-refractivity contribution >= 4 is 39.6 Å². The fourth-order valence-electron chi connectivity index (χ4n) is 4.63. The van der Waals surface area contributed by atoms with Gasteiger partial charge in [0.25, 0.3) is 0 Å². The van der Waals surface area contributed by atoms with Gasteiger partial charge in [-0.2, -0.15) is 0 Å². The molecule has 1 saturated heterocycles. The van der Waals surface area contributed by atoms with E-state index in [0.717, 1.165) is 46.6 Å². The average molecular weight is 435 g/mol. The summed E-state index contributed by atoms with van der Waals surface area (Å²) in [6.07, 6.45) is 10.2. The Morgan fingerprint density at radius 1 is 1.32 bits per heavy atom. The van der Waals surface area contributed by atoms with Crippen molar-refractivity contribution in [2.75, 3.05) is 25.0 Å².